The molecule has 0 saturated carbocycles. The third-order valence-electron chi connectivity index (χ3n) is 2.71. The molecule has 1 aromatic carbocycles. The van der Waals surface area contributed by atoms with Gasteiger partial charge in [0, 0.05) is 5.56 Å². The average molecular weight is 329 g/mol. The SMILES string of the molecule is Nc1nonc1NC(=O)CSc1ncc(-c2ccccc2)nn1. The van der Waals surface area contributed by atoms with Crippen molar-refractivity contribution in [1.82, 2.24) is 25.5 Å². The quantitative estimate of drug-likeness (QED) is 0.663. The molecular weight excluding hydrogens is 318 g/mol. The van der Waals surface area contributed by atoms with Crippen molar-refractivity contribution < 1.29 is 9.42 Å². The first kappa shape index (κ1) is 14.9. The highest BCUT2D eigenvalue weighted by Gasteiger charge is 2.11. The standard InChI is InChI=1S/C13H11N7O2S/c14-11-12(20-22-19-11)16-10(21)7-23-13-15-6-9(17-18-13)8-4-2-1-3-5-8/h1-6H,7H2,(H2,14,19)(H,16,20,21). The van der Waals surface area contributed by atoms with Gasteiger partial charge in [-0.25, -0.2) is 9.61 Å². The molecule has 10 heteroatoms. The van der Waals surface area contributed by atoms with E-state index < -0.39 is 0 Å². The van der Waals surface area contributed by atoms with Crippen molar-refractivity contribution in [3.8, 4) is 11.3 Å². The number of aromatic nitrogens is 5. The number of nitrogens with two attached hydrogens (primary N) is 1. The molecule has 0 atom stereocenters. The van der Waals surface area contributed by atoms with Gasteiger partial charge < -0.3 is 11.1 Å². The van der Waals surface area contributed by atoms with E-state index in [1.54, 1.807) is 6.20 Å². The van der Waals surface area contributed by atoms with Crippen LogP contribution in [-0.2, 0) is 4.79 Å². The van der Waals surface area contributed by atoms with Crippen molar-refractivity contribution in [3.05, 3.63) is 36.5 Å². The Kier molecular flexibility index (Phi) is 4.43. The molecule has 0 unspecified atom stereocenters. The number of thioether (sulfide) groups is 1. The van der Waals surface area contributed by atoms with Gasteiger partial charge in [-0.05, 0) is 10.3 Å². The maximum atomic E-state index is 11.8. The number of nitrogen functional groups attached to an aromatic ring is 1. The Morgan fingerprint density at radius 2 is 2.04 bits per heavy atom. The Morgan fingerprint density at radius 3 is 2.70 bits per heavy atom. The largest absolute Gasteiger partial charge is 0.378 e. The van der Waals surface area contributed by atoms with Crippen molar-refractivity contribution in [3.63, 3.8) is 0 Å². The second kappa shape index (κ2) is 6.83. The van der Waals surface area contributed by atoms with E-state index in [0.29, 0.717) is 10.9 Å². The number of carbonyl (C=O) groups excluding carboxylic acids is 1. The van der Waals surface area contributed by atoms with Crippen molar-refractivity contribution >= 4 is 29.3 Å². The van der Waals surface area contributed by atoms with Crippen LogP contribution >= 0.6 is 11.8 Å². The van der Waals surface area contributed by atoms with Gasteiger partial charge in [0.05, 0.1) is 11.9 Å². The van der Waals surface area contributed by atoms with Gasteiger partial charge in [-0.2, -0.15) is 0 Å². The Labute approximate surface area is 134 Å². The van der Waals surface area contributed by atoms with Crippen LogP contribution in [0, 0.1) is 0 Å². The summed E-state index contributed by atoms with van der Waals surface area (Å²) in [6, 6.07) is 9.58. The molecule has 9 nitrogen and oxygen atoms in total. The maximum absolute atomic E-state index is 11.8. The van der Waals surface area contributed by atoms with Crippen molar-refractivity contribution in [2.24, 2.45) is 0 Å². The molecule has 3 N–H and O–H groups in total. The molecule has 3 aromatic rings. The summed E-state index contributed by atoms with van der Waals surface area (Å²) in [5.74, 6) is -0.130. The predicted molar refractivity (Wildman–Crippen MR) is 83.3 cm³/mol. The lowest BCUT2D eigenvalue weighted by Gasteiger charge is -2.02. The van der Waals surface area contributed by atoms with E-state index in [1.165, 1.54) is 0 Å². The minimum absolute atomic E-state index is 0.0217. The van der Waals surface area contributed by atoms with Crippen LogP contribution in [0.4, 0.5) is 11.6 Å². The average Bonchev–Trinajstić information content (AvgIpc) is 2.99. The van der Waals surface area contributed by atoms with Crippen molar-refractivity contribution in [1.29, 1.82) is 0 Å². The van der Waals surface area contributed by atoms with E-state index in [-0.39, 0.29) is 23.3 Å². The van der Waals surface area contributed by atoms with Gasteiger partial charge in [-0.1, -0.05) is 42.1 Å². The number of anilines is 2. The molecule has 2 heterocycles. The summed E-state index contributed by atoms with van der Waals surface area (Å²) in [5, 5.41) is 17.8. The molecule has 0 bridgehead atoms. The van der Waals surface area contributed by atoms with E-state index >= 15 is 0 Å². The summed E-state index contributed by atoms with van der Waals surface area (Å²) in [6.07, 6.45) is 1.61. The smallest absolute Gasteiger partial charge is 0.236 e. The number of benzene rings is 1. The van der Waals surface area contributed by atoms with Crippen LogP contribution in [0.3, 0.4) is 0 Å². The summed E-state index contributed by atoms with van der Waals surface area (Å²) in [5.41, 5.74) is 7.04. The fourth-order valence-corrected chi connectivity index (χ4v) is 2.21. The summed E-state index contributed by atoms with van der Waals surface area (Å²) >= 11 is 1.14. The van der Waals surface area contributed by atoms with E-state index in [0.717, 1.165) is 17.3 Å². The van der Waals surface area contributed by atoms with Crippen LogP contribution in [-0.4, -0.2) is 37.2 Å². The van der Waals surface area contributed by atoms with Gasteiger partial charge in [0.15, 0.2) is 0 Å². The van der Waals surface area contributed by atoms with E-state index in [9.17, 15) is 4.79 Å². The lowest BCUT2D eigenvalue weighted by molar-refractivity contribution is -0.113. The fraction of sp³-hybridized carbons (Fsp3) is 0.0769. The Balaban J connectivity index is 1.56. The molecule has 0 aliphatic rings. The van der Waals surface area contributed by atoms with E-state index in [2.05, 4.69) is 35.4 Å². The summed E-state index contributed by atoms with van der Waals surface area (Å²) in [7, 11) is 0. The topological polar surface area (TPSA) is 133 Å². The van der Waals surface area contributed by atoms with Crippen LogP contribution in [0.25, 0.3) is 11.3 Å². The molecule has 3 rings (SSSR count). The van der Waals surface area contributed by atoms with Crippen LogP contribution < -0.4 is 11.1 Å². The first-order valence-corrected chi connectivity index (χ1v) is 7.47. The number of rotatable bonds is 5. The summed E-state index contributed by atoms with van der Waals surface area (Å²) < 4.78 is 4.38. The number of hydrogen-bond donors (Lipinski definition) is 2. The number of nitrogens with one attached hydrogen (secondary N) is 1. The molecule has 0 fully saturated rings. The minimum Gasteiger partial charge on any atom is -0.378 e. The zero-order chi connectivity index (χ0) is 16.1. The molecule has 0 saturated heterocycles. The Hall–Kier alpha value is -3.01. The zero-order valence-electron chi connectivity index (χ0n) is 11.7. The monoisotopic (exact) mass is 329 g/mol. The van der Waals surface area contributed by atoms with Crippen LogP contribution in [0.15, 0.2) is 46.3 Å². The Morgan fingerprint density at radius 1 is 1.22 bits per heavy atom. The minimum atomic E-state index is -0.326. The third kappa shape index (κ3) is 3.80. The molecule has 116 valence electrons. The molecule has 0 aliphatic carbocycles. The van der Waals surface area contributed by atoms with Gasteiger partial charge in [0.25, 0.3) is 0 Å². The second-order valence-electron chi connectivity index (χ2n) is 4.33. The van der Waals surface area contributed by atoms with Crippen molar-refractivity contribution in [2.75, 3.05) is 16.8 Å². The third-order valence-corrected chi connectivity index (χ3v) is 3.57. The zero-order valence-corrected chi connectivity index (χ0v) is 12.5. The number of nitrogens with zero attached hydrogens (tertiary/aromatic N) is 5. The number of carbonyl (C=O) groups is 1. The fourth-order valence-electron chi connectivity index (χ4n) is 1.65. The summed E-state index contributed by atoms with van der Waals surface area (Å²) in [4.78, 5) is 15.9. The molecule has 2 aromatic heterocycles. The molecule has 1 amide bonds. The second-order valence-corrected chi connectivity index (χ2v) is 5.27. The molecule has 0 radical (unpaired) electrons. The highest BCUT2D eigenvalue weighted by atomic mass is 32.2. The first-order chi connectivity index (χ1) is 11.2. The lowest BCUT2D eigenvalue weighted by atomic mass is 10.2. The lowest BCUT2D eigenvalue weighted by Crippen LogP contribution is -2.15. The summed E-state index contributed by atoms with van der Waals surface area (Å²) in [6.45, 7) is 0. The number of amides is 1. The maximum Gasteiger partial charge on any atom is 0.236 e. The van der Waals surface area contributed by atoms with Crippen molar-refractivity contribution in [2.45, 2.75) is 5.16 Å². The predicted octanol–water partition coefficient (Wildman–Crippen LogP) is 1.23. The highest BCUT2D eigenvalue weighted by molar-refractivity contribution is 7.99. The number of hydrogen-bond acceptors (Lipinski definition) is 9. The first-order valence-electron chi connectivity index (χ1n) is 6.48. The molecule has 23 heavy (non-hydrogen) atoms. The van der Waals surface area contributed by atoms with Crippen LogP contribution in [0.5, 0.6) is 0 Å². The van der Waals surface area contributed by atoms with Gasteiger partial charge >= 0.3 is 0 Å². The molecule has 0 spiro atoms. The molecular formula is C13H11N7O2S. The Bertz CT molecular complexity index is 792. The van der Waals surface area contributed by atoms with E-state index in [4.69, 9.17) is 5.73 Å². The highest BCUT2D eigenvalue weighted by Crippen LogP contribution is 2.17. The van der Waals surface area contributed by atoms with Gasteiger partial charge in [0.2, 0.25) is 22.7 Å². The van der Waals surface area contributed by atoms with E-state index in [1.807, 2.05) is 30.3 Å². The normalized spacial score (nSPS) is 10.4. The van der Waals surface area contributed by atoms with Gasteiger partial charge in [0.1, 0.15) is 5.69 Å². The van der Waals surface area contributed by atoms with Gasteiger partial charge in [-0.3, -0.25) is 4.79 Å². The van der Waals surface area contributed by atoms with Gasteiger partial charge in [-0.15, -0.1) is 10.2 Å². The van der Waals surface area contributed by atoms with Crippen LogP contribution in [0.1, 0.15) is 0 Å². The van der Waals surface area contributed by atoms with Crippen LogP contribution in [0.2, 0.25) is 0 Å². The molecule has 0 aliphatic heterocycles.